The molecule has 5 heteroatoms. The number of aryl methyl sites for hydroxylation is 1. The molecule has 0 bridgehead atoms. The van der Waals surface area contributed by atoms with Gasteiger partial charge in [0.15, 0.2) is 5.96 Å². The van der Waals surface area contributed by atoms with Crippen LogP contribution in [0.2, 0.25) is 0 Å². The van der Waals surface area contributed by atoms with Crippen LogP contribution in [0.5, 0.6) is 5.75 Å². The highest BCUT2D eigenvalue weighted by Crippen LogP contribution is 2.19. The summed E-state index contributed by atoms with van der Waals surface area (Å²) >= 11 is 0. The summed E-state index contributed by atoms with van der Waals surface area (Å²) in [7, 11) is 0. The number of carbonyl (C=O) groups is 1. The van der Waals surface area contributed by atoms with Crippen LogP contribution in [-0.4, -0.2) is 11.9 Å². The molecule has 0 amide bonds. The van der Waals surface area contributed by atoms with Crippen molar-refractivity contribution in [3.8, 4) is 5.75 Å². The first-order chi connectivity index (χ1) is 10.1. The number of nitrogens with zero attached hydrogens (tertiary/aromatic N) is 1. The van der Waals surface area contributed by atoms with Crippen molar-refractivity contribution in [2.45, 2.75) is 13.3 Å². The van der Waals surface area contributed by atoms with Gasteiger partial charge in [0.25, 0.3) is 0 Å². The normalized spacial score (nSPS) is 9.95. The quantitative estimate of drug-likeness (QED) is 0.390. The van der Waals surface area contributed by atoms with E-state index in [1.54, 1.807) is 36.4 Å². The van der Waals surface area contributed by atoms with Gasteiger partial charge in [-0.15, -0.1) is 0 Å². The summed E-state index contributed by atoms with van der Waals surface area (Å²) in [6.45, 7) is 2.06. The smallest absolute Gasteiger partial charge is 0.343 e. The predicted octanol–water partition coefficient (Wildman–Crippen LogP) is 2.37. The van der Waals surface area contributed by atoms with Crippen LogP contribution in [0, 0.1) is 0 Å². The highest BCUT2D eigenvalue weighted by atomic mass is 16.5. The van der Waals surface area contributed by atoms with Crippen LogP contribution in [0.1, 0.15) is 22.8 Å². The minimum Gasteiger partial charge on any atom is -0.423 e. The van der Waals surface area contributed by atoms with Gasteiger partial charge in [0.05, 0.1) is 11.3 Å². The second kappa shape index (κ2) is 6.56. The minimum absolute atomic E-state index is 0.0178. The van der Waals surface area contributed by atoms with Gasteiger partial charge < -0.3 is 16.2 Å². The molecule has 0 atom stereocenters. The Morgan fingerprint density at radius 3 is 2.19 bits per heavy atom. The van der Waals surface area contributed by atoms with E-state index in [-0.39, 0.29) is 5.96 Å². The Morgan fingerprint density at radius 2 is 1.67 bits per heavy atom. The lowest BCUT2D eigenvalue weighted by Gasteiger charge is -2.05. The molecular weight excluding hydrogens is 266 g/mol. The second-order valence-corrected chi connectivity index (χ2v) is 4.47. The lowest BCUT2D eigenvalue weighted by atomic mass is 10.1. The number of esters is 1. The zero-order valence-corrected chi connectivity index (χ0v) is 11.7. The van der Waals surface area contributed by atoms with Crippen LogP contribution in [0.3, 0.4) is 0 Å². The first kappa shape index (κ1) is 14.6. The first-order valence-electron chi connectivity index (χ1n) is 6.59. The molecule has 2 aromatic rings. The number of aliphatic imine (C=N–C) groups is 1. The number of rotatable bonds is 4. The topological polar surface area (TPSA) is 90.7 Å². The number of benzene rings is 2. The number of nitrogens with two attached hydrogens (primary N) is 2. The Hall–Kier alpha value is -2.82. The highest BCUT2D eigenvalue weighted by molar-refractivity contribution is 5.91. The maximum atomic E-state index is 12.0. The molecule has 108 valence electrons. The summed E-state index contributed by atoms with van der Waals surface area (Å²) in [5.41, 5.74) is 12.9. The van der Waals surface area contributed by atoms with Crippen LogP contribution in [-0.2, 0) is 6.42 Å². The molecule has 0 radical (unpaired) electrons. The van der Waals surface area contributed by atoms with Crippen molar-refractivity contribution in [2.24, 2.45) is 16.5 Å². The predicted molar refractivity (Wildman–Crippen MR) is 82.7 cm³/mol. The fraction of sp³-hybridized carbons (Fsp3) is 0.125. The van der Waals surface area contributed by atoms with Gasteiger partial charge in [-0.2, -0.15) is 0 Å². The molecule has 0 aliphatic rings. The first-order valence-corrected chi connectivity index (χ1v) is 6.59. The van der Waals surface area contributed by atoms with E-state index in [9.17, 15) is 4.79 Å². The van der Waals surface area contributed by atoms with Gasteiger partial charge in [0.2, 0.25) is 0 Å². The average Bonchev–Trinajstić information content (AvgIpc) is 2.49. The minimum atomic E-state index is -0.396. The van der Waals surface area contributed by atoms with Gasteiger partial charge in [-0.25, -0.2) is 9.79 Å². The maximum Gasteiger partial charge on any atom is 0.343 e. The average molecular weight is 283 g/mol. The lowest BCUT2D eigenvalue weighted by Crippen LogP contribution is -2.21. The van der Waals surface area contributed by atoms with Crippen molar-refractivity contribution in [2.75, 3.05) is 0 Å². The molecule has 0 aromatic heterocycles. The molecule has 0 spiro atoms. The summed E-state index contributed by atoms with van der Waals surface area (Å²) < 4.78 is 5.28. The van der Waals surface area contributed by atoms with Gasteiger partial charge in [-0.3, -0.25) is 0 Å². The van der Waals surface area contributed by atoms with Crippen LogP contribution >= 0.6 is 0 Å². The second-order valence-electron chi connectivity index (χ2n) is 4.47. The molecule has 0 aliphatic carbocycles. The van der Waals surface area contributed by atoms with E-state index in [2.05, 4.69) is 11.9 Å². The van der Waals surface area contributed by atoms with E-state index in [1.165, 1.54) is 5.56 Å². The van der Waals surface area contributed by atoms with Crippen molar-refractivity contribution in [3.05, 3.63) is 59.7 Å². The van der Waals surface area contributed by atoms with Gasteiger partial charge >= 0.3 is 5.97 Å². The lowest BCUT2D eigenvalue weighted by molar-refractivity contribution is 0.0735. The molecule has 2 rings (SSSR count). The highest BCUT2D eigenvalue weighted by Gasteiger charge is 2.08. The molecular formula is C16H17N3O2. The number of guanidine groups is 1. The van der Waals surface area contributed by atoms with Crippen LogP contribution in [0.25, 0.3) is 0 Å². The standard InChI is InChI=1S/C16H17N3O2/c1-2-11-3-5-12(6-4-11)15(20)21-14-9-7-13(8-10-14)19-16(17)18/h3-10H,2H2,1H3,(H4,17,18,19). The Morgan fingerprint density at radius 1 is 1.05 bits per heavy atom. The van der Waals surface area contributed by atoms with Gasteiger partial charge in [0, 0.05) is 0 Å². The van der Waals surface area contributed by atoms with E-state index in [4.69, 9.17) is 16.2 Å². The molecule has 2 aromatic carbocycles. The Bertz CT molecular complexity index is 642. The maximum absolute atomic E-state index is 12.0. The van der Waals surface area contributed by atoms with Crippen LogP contribution in [0.15, 0.2) is 53.5 Å². The fourth-order valence-electron chi connectivity index (χ4n) is 1.78. The number of hydrogen-bond donors (Lipinski definition) is 2. The molecule has 0 saturated carbocycles. The van der Waals surface area contributed by atoms with E-state index < -0.39 is 5.97 Å². The van der Waals surface area contributed by atoms with Crippen molar-refractivity contribution >= 4 is 17.6 Å². The van der Waals surface area contributed by atoms with Gasteiger partial charge in [0.1, 0.15) is 5.75 Å². The van der Waals surface area contributed by atoms with E-state index in [1.807, 2.05) is 12.1 Å². The summed E-state index contributed by atoms with van der Waals surface area (Å²) in [6.07, 6.45) is 0.932. The number of carbonyl (C=O) groups excluding carboxylic acids is 1. The number of hydrogen-bond acceptors (Lipinski definition) is 3. The molecule has 0 unspecified atom stereocenters. The molecule has 0 heterocycles. The van der Waals surface area contributed by atoms with Crippen molar-refractivity contribution < 1.29 is 9.53 Å². The van der Waals surface area contributed by atoms with Crippen molar-refractivity contribution in [1.82, 2.24) is 0 Å². The summed E-state index contributed by atoms with van der Waals surface area (Å²) in [5, 5.41) is 0. The molecule has 0 aliphatic heterocycles. The molecule has 0 saturated heterocycles. The SMILES string of the molecule is CCc1ccc(C(=O)Oc2ccc(N=C(N)N)cc2)cc1. The molecule has 5 nitrogen and oxygen atoms in total. The van der Waals surface area contributed by atoms with E-state index in [0.717, 1.165) is 6.42 Å². The Balaban J connectivity index is 2.06. The Kier molecular flexibility index (Phi) is 4.56. The fourth-order valence-corrected chi connectivity index (χ4v) is 1.78. The largest absolute Gasteiger partial charge is 0.423 e. The summed E-state index contributed by atoms with van der Waals surface area (Å²) in [6, 6.07) is 14.0. The van der Waals surface area contributed by atoms with E-state index >= 15 is 0 Å². The van der Waals surface area contributed by atoms with Crippen molar-refractivity contribution in [3.63, 3.8) is 0 Å². The third-order valence-electron chi connectivity index (χ3n) is 2.90. The van der Waals surface area contributed by atoms with Gasteiger partial charge in [-0.05, 0) is 48.4 Å². The third-order valence-corrected chi connectivity index (χ3v) is 2.90. The van der Waals surface area contributed by atoms with Crippen LogP contribution in [0.4, 0.5) is 5.69 Å². The molecule has 21 heavy (non-hydrogen) atoms. The van der Waals surface area contributed by atoms with Crippen molar-refractivity contribution in [1.29, 1.82) is 0 Å². The number of ether oxygens (including phenoxy) is 1. The Labute approximate surface area is 123 Å². The summed E-state index contributed by atoms with van der Waals surface area (Å²) in [4.78, 5) is 15.9. The molecule has 4 N–H and O–H groups in total. The summed E-state index contributed by atoms with van der Waals surface area (Å²) in [5.74, 6) is 0.0251. The monoisotopic (exact) mass is 283 g/mol. The third kappa shape index (κ3) is 4.07. The molecule has 0 fully saturated rings. The zero-order chi connectivity index (χ0) is 15.2. The van der Waals surface area contributed by atoms with E-state index in [0.29, 0.717) is 17.0 Å². The zero-order valence-electron chi connectivity index (χ0n) is 11.7. The van der Waals surface area contributed by atoms with Gasteiger partial charge in [-0.1, -0.05) is 19.1 Å². The van der Waals surface area contributed by atoms with Crippen LogP contribution < -0.4 is 16.2 Å².